The van der Waals surface area contributed by atoms with Gasteiger partial charge in [0, 0.05) is 18.1 Å². The van der Waals surface area contributed by atoms with Crippen molar-refractivity contribution in [2.45, 2.75) is 39.0 Å². The highest BCUT2D eigenvalue weighted by atomic mass is 35.5. The van der Waals surface area contributed by atoms with E-state index in [1.165, 1.54) is 6.92 Å². The molecule has 0 unspecified atom stereocenters. The number of nitrogens with one attached hydrogen (secondary N) is 1. The topological polar surface area (TPSA) is 86.8 Å². The predicted molar refractivity (Wildman–Crippen MR) is 133 cm³/mol. The normalized spacial score (nSPS) is 12.7. The van der Waals surface area contributed by atoms with Crippen molar-refractivity contribution >= 4 is 50.7 Å². The minimum Gasteiger partial charge on any atom is -0.354 e. The summed E-state index contributed by atoms with van der Waals surface area (Å²) >= 11 is 12.0. The van der Waals surface area contributed by atoms with Crippen LogP contribution >= 0.6 is 23.2 Å². The van der Waals surface area contributed by atoms with Gasteiger partial charge >= 0.3 is 6.18 Å². The number of hydrogen-bond acceptors (Lipinski definition) is 4. The molecular weight excluding hydrogens is 542 g/mol. The molecule has 7 nitrogen and oxygen atoms in total. The smallest absolute Gasteiger partial charge is 0.354 e. The van der Waals surface area contributed by atoms with Crippen molar-refractivity contribution in [3.63, 3.8) is 0 Å². The monoisotopic (exact) mass is 567 g/mol. The van der Waals surface area contributed by atoms with Gasteiger partial charge in [-0.2, -0.15) is 13.2 Å². The molecule has 0 bridgehead atoms. The first-order valence-electron chi connectivity index (χ1n) is 10.8. The Kier molecular flexibility index (Phi) is 10.0. The van der Waals surface area contributed by atoms with Crippen molar-refractivity contribution < 1.29 is 31.2 Å². The largest absolute Gasteiger partial charge is 0.416 e. The summed E-state index contributed by atoms with van der Waals surface area (Å²) in [7, 11) is -4.25. The lowest BCUT2D eigenvalue weighted by Gasteiger charge is -2.32. The summed E-state index contributed by atoms with van der Waals surface area (Å²) in [6.07, 6.45) is -3.36. The van der Waals surface area contributed by atoms with Gasteiger partial charge in [0.2, 0.25) is 21.8 Å². The highest BCUT2D eigenvalue weighted by Crippen LogP contribution is 2.36. The number of carbonyl (C=O) groups is 2. The van der Waals surface area contributed by atoms with E-state index in [1.807, 2.05) is 6.92 Å². The fraction of sp³-hybridized carbons (Fsp3) is 0.391. The summed E-state index contributed by atoms with van der Waals surface area (Å²) < 4.78 is 65.5. The average molecular weight is 568 g/mol. The average Bonchev–Trinajstić information content (AvgIpc) is 2.79. The van der Waals surface area contributed by atoms with E-state index in [9.17, 15) is 31.2 Å². The number of amides is 2. The van der Waals surface area contributed by atoms with Gasteiger partial charge in [-0.1, -0.05) is 42.3 Å². The van der Waals surface area contributed by atoms with E-state index in [4.69, 9.17) is 23.2 Å². The maximum Gasteiger partial charge on any atom is 0.416 e. The van der Waals surface area contributed by atoms with E-state index >= 15 is 0 Å². The van der Waals surface area contributed by atoms with Gasteiger partial charge in [-0.25, -0.2) is 8.42 Å². The van der Waals surface area contributed by atoms with Gasteiger partial charge < -0.3 is 10.2 Å². The highest BCUT2D eigenvalue weighted by Gasteiger charge is 2.34. The molecule has 0 aliphatic carbocycles. The van der Waals surface area contributed by atoms with E-state index in [1.54, 1.807) is 24.3 Å². The second kappa shape index (κ2) is 12.2. The van der Waals surface area contributed by atoms with Crippen LogP contribution in [0.15, 0.2) is 42.5 Å². The van der Waals surface area contributed by atoms with Crippen molar-refractivity contribution in [2.75, 3.05) is 23.7 Å². The zero-order valence-corrected chi connectivity index (χ0v) is 22.1. The van der Waals surface area contributed by atoms with Crippen molar-refractivity contribution in [1.29, 1.82) is 0 Å². The number of hydrogen-bond donors (Lipinski definition) is 1. The molecule has 0 aliphatic rings. The molecular formula is C23H26Cl2F3N3O4S. The maximum absolute atomic E-state index is 13.4. The van der Waals surface area contributed by atoms with Crippen LogP contribution in [0.2, 0.25) is 10.0 Å². The Bertz CT molecular complexity index is 1190. The summed E-state index contributed by atoms with van der Waals surface area (Å²) in [6.45, 7) is 2.73. The molecule has 0 aliphatic heterocycles. The van der Waals surface area contributed by atoms with E-state index in [-0.39, 0.29) is 11.6 Å². The molecule has 0 heterocycles. The molecule has 0 fully saturated rings. The highest BCUT2D eigenvalue weighted by molar-refractivity contribution is 7.92. The summed E-state index contributed by atoms with van der Waals surface area (Å²) in [5.74, 6) is -1.29. The second-order valence-electron chi connectivity index (χ2n) is 8.05. The lowest BCUT2D eigenvalue weighted by Crippen LogP contribution is -2.51. The van der Waals surface area contributed by atoms with Crippen LogP contribution in [0.5, 0.6) is 0 Å². The van der Waals surface area contributed by atoms with E-state index in [0.717, 1.165) is 17.2 Å². The molecule has 2 aromatic rings. The van der Waals surface area contributed by atoms with Crippen LogP contribution in [0.4, 0.5) is 18.9 Å². The van der Waals surface area contributed by atoms with Crippen LogP contribution in [-0.2, 0) is 32.3 Å². The van der Waals surface area contributed by atoms with Gasteiger partial charge in [0.15, 0.2) is 0 Å². The Labute approximate surface area is 218 Å². The summed E-state index contributed by atoms with van der Waals surface area (Å²) in [5.41, 5.74) is -1.03. The fourth-order valence-corrected chi connectivity index (χ4v) is 4.49. The molecule has 0 aromatic heterocycles. The molecule has 2 aromatic carbocycles. The molecule has 198 valence electrons. The van der Waals surface area contributed by atoms with Gasteiger partial charge in [-0.05, 0) is 49.2 Å². The van der Waals surface area contributed by atoms with E-state index in [2.05, 4.69) is 5.32 Å². The van der Waals surface area contributed by atoms with Crippen LogP contribution in [0, 0.1) is 0 Å². The third-order valence-electron chi connectivity index (χ3n) is 5.20. The summed E-state index contributed by atoms with van der Waals surface area (Å²) in [4.78, 5) is 27.2. The Balaban J connectivity index is 2.47. The standard InChI is InChI=1S/C23H26Cl2F3N3O4S/c1-4-11-29-22(33)15(2)30(13-16-5-8-18(24)9-6-16)21(32)14-31(36(3,34)35)20-12-17(23(26,27)28)7-10-19(20)25/h5-10,12,15H,4,11,13-14H2,1-3H3,(H,29,33)/t15-/m0/s1. The van der Waals surface area contributed by atoms with Crippen molar-refractivity contribution in [2.24, 2.45) is 0 Å². The van der Waals surface area contributed by atoms with Crippen LogP contribution < -0.4 is 9.62 Å². The zero-order chi connectivity index (χ0) is 27.3. The number of anilines is 1. The number of alkyl halides is 3. The number of carbonyl (C=O) groups excluding carboxylic acids is 2. The van der Waals surface area contributed by atoms with Gasteiger partial charge in [0.05, 0.1) is 22.5 Å². The summed E-state index contributed by atoms with van der Waals surface area (Å²) in [5, 5.41) is 2.84. The first kappa shape index (κ1) is 29.7. The molecule has 1 atom stereocenters. The molecule has 0 saturated carbocycles. The van der Waals surface area contributed by atoms with Crippen molar-refractivity contribution in [1.82, 2.24) is 10.2 Å². The zero-order valence-electron chi connectivity index (χ0n) is 19.8. The fourth-order valence-electron chi connectivity index (χ4n) is 3.24. The second-order valence-corrected chi connectivity index (χ2v) is 10.8. The quantitative estimate of drug-likeness (QED) is 0.450. The summed E-state index contributed by atoms with van der Waals surface area (Å²) in [6, 6.07) is 7.62. The molecule has 0 saturated heterocycles. The predicted octanol–water partition coefficient (Wildman–Crippen LogP) is 4.72. The molecule has 2 rings (SSSR count). The van der Waals surface area contributed by atoms with Crippen molar-refractivity contribution in [3.8, 4) is 0 Å². The number of benzene rings is 2. The Morgan fingerprint density at radius 2 is 1.69 bits per heavy atom. The lowest BCUT2D eigenvalue weighted by molar-refractivity contribution is -0.139. The minimum absolute atomic E-state index is 0.0787. The molecule has 0 radical (unpaired) electrons. The number of sulfonamides is 1. The number of nitrogens with zero attached hydrogens (tertiary/aromatic N) is 2. The lowest BCUT2D eigenvalue weighted by atomic mass is 10.1. The van der Waals surface area contributed by atoms with Crippen LogP contribution in [0.25, 0.3) is 0 Å². The van der Waals surface area contributed by atoms with Gasteiger partial charge in [-0.3, -0.25) is 13.9 Å². The molecule has 1 N–H and O–H groups in total. The van der Waals surface area contributed by atoms with Crippen LogP contribution in [0.1, 0.15) is 31.4 Å². The van der Waals surface area contributed by atoms with Crippen LogP contribution in [-0.4, -0.2) is 50.5 Å². The van der Waals surface area contributed by atoms with E-state index in [0.29, 0.717) is 40.0 Å². The first-order chi connectivity index (χ1) is 16.6. The van der Waals surface area contributed by atoms with E-state index < -0.39 is 51.9 Å². The Hall–Kier alpha value is -2.50. The van der Waals surface area contributed by atoms with Crippen LogP contribution in [0.3, 0.4) is 0 Å². The van der Waals surface area contributed by atoms with Crippen molar-refractivity contribution in [3.05, 3.63) is 63.6 Å². The molecule has 2 amide bonds. The maximum atomic E-state index is 13.4. The van der Waals surface area contributed by atoms with Gasteiger partial charge in [-0.15, -0.1) is 0 Å². The Morgan fingerprint density at radius 3 is 2.22 bits per heavy atom. The SMILES string of the molecule is CCCNC(=O)[C@H](C)N(Cc1ccc(Cl)cc1)C(=O)CN(c1cc(C(F)(F)F)ccc1Cl)S(C)(=O)=O. The number of halogens is 5. The van der Waals surface area contributed by atoms with Gasteiger partial charge in [0.1, 0.15) is 12.6 Å². The molecule has 13 heteroatoms. The molecule has 36 heavy (non-hydrogen) atoms. The third-order valence-corrected chi connectivity index (χ3v) is 6.90. The first-order valence-corrected chi connectivity index (χ1v) is 13.4. The number of rotatable bonds is 10. The Morgan fingerprint density at radius 1 is 1.08 bits per heavy atom. The third kappa shape index (κ3) is 8.01. The minimum atomic E-state index is -4.76. The van der Waals surface area contributed by atoms with Gasteiger partial charge in [0.25, 0.3) is 0 Å². The molecule has 0 spiro atoms.